The highest BCUT2D eigenvalue weighted by Gasteiger charge is 2.36. The number of rotatable bonds is 3. The number of piperazine rings is 1. The van der Waals surface area contributed by atoms with Crippen molar-refractivity contribution in [2.75, 3.05) is 59.3 Å². The van der Waals surface area contributed by atoms with E-state index in [1.54, 1.807) is 6.20 Å². The number of nitriles is 1. The minimum absolute atomic E-state index is 0.0807. The number of carbonyl (C=O) groups excluding carboxylic acids is 1. The SMILES string of the molecule is N#Cc1ccc(N2CCN(Cc3cnc4c(c3)NC(=O)C3CSCCN43)CC2)nc1. The largest absolute Gasteiger partial charge is 0.354 e. The maximum absolute atomic E-state index is 12.5. The third-order valence-electron chi connectivity index (χ3n) is 5.86. The van der Waals surface area contributed by atoms with Crippen molar-refractivity contribution in [1.82, 2.24) is 14.9 Å². The number of thioether (sulfide) groups is 1. The van der Waals surface area contributed by atoms with Crippen LogP contribution in [-0.4, -0.2) is 71.0 Å². The normalized spacial score (nSPS) is 21.4. The molecule has 0 saturated carbocycles. The Bertz CT molecular complexity index is 982. The highest BCUT2D eigenvalue weighted by Crippen LogP contribution is 2.34. The Hall–Kier alpha value is -2.83. The number of aromatic nitrogens is 2. The van der Waals surface area contributed by atoms with Gasteiger partial charge in [0.05, 0.1) is 11.3 Å². The van der Waals surface area contributed by atoms with Crippen molar-refractivity contribution in [2.45, 2.75) is 12.6 Å². The van der Waals surface area contributed by atoms with E-state index in [9.17, 15) is 4.79 Å². The van der Waals surface area contributed by atoms with Crippen LogP contribution in [0.25, 0.3) is 0 Å². The maximum Gasteiger partial charge on any atom is 0.248 e. The number of anilines is 3. The van der Waals surface area contributed by atoms with Crippen molar-refractivity contribution in [3.63, 3.8) is 0 Å². The molecule has 5 heterocycles. The first-order valence-electron chi connectivity index (χ1n) is 10.2. The van der Waals surface area contributed by atoms with Crippen LogP contribution in [0.2, 0.25) is 0 Å². The summed E-state index contributed by atoms with van der Waals surface area (Å²) in [5.41, 5.74) is 2.53. The average molecular weight is 422 g/mol. The van der Waals surface area contributed by atoms with Crippen LogP contribution < -0.4 is 15.1 Å². The molecule has 2 aromatic heterocycles. The molecule has 2 fully saturated rings. The molecule has 154 valence electrons. The number of carbonyl (C=O) groups is 1. The Morgan fingerprint density at radius 3 is 2.80 bits per heavy atom. The lowest BCUT2D eigenvalue weighted by molar-refractivity contribution is -0.117. The summed E-state index contributed by atoms with van der Waals surface area (Å²) in [5, 5.41) is 12.0. The number of pyridine rings is 2. The van der Waals surface area contributed by atoms with Gasteiger partial charge in [-0.3, -0.25) is 9.69 Å². The Morgan fingerprint density at radius 1 is 1.17 bits per heavy atom. The molecule has 3 aliphatic heterocycles. The minimum Gasteiger partial charge on any atom is -0.354 e. The van der Waals surface area contributed by atoms with Crippen LogP contribution in [-0.2, 0) is 11.3 Å². The van der Waals surface area contributed by atoms with Gasteiger partial charge < -0.3 is 15.1 Å². The lowest BCUT2D eigenvalue weighted by Crippen LogP contribution is -2.53. The van der Waals surface area contributed by atoms with Gasteiger partial charge >= 0.3 is 0 Å². The molecule has 5 rings (SSSR count). The Morgan fingerprint density at radius 2 is 2.03 bits per heavy atom. The van der Waals surface area contributed by atoms with Gasteiger partial charge in [-0.1, -0.05) is 0 Å². The van der Waals surface area contributed by atoms with Crippen molar-refractivity contribution < 1.29 is 4.79 Å². The molecule has 1 amide bonds. The van der Waals surface area contributed by atoms with Crippen LogP contribution in [0.3, 0.4) is 0 Å². The lowest BCUT2D eigenvalue weighted by Gasteiger charge is -2.40. The van der Waals surface area contributed by atoms with Crippen molar-refractivity contribution in [3.8, 4) is 6.07 Å². The first kappa shape index (κ1) is 19.2. The van der Waals surface area contributed by atoms with E-state index < -0.39 is 0 Å². The molecule has 2 saturated heterocycles. The zero-order valence-electron chi connectivity index (χ0n) is 16.6. The summed E-state index contributed by atoms with van der Waals surface area (Å²) in [7, 11) is 0. The fraction of sp³-hybridized carbons (Fsp3) is 0.429. The zero-order valence-corrected chi connectivity index (χ0v) is 17.4. The van der Waals surface area contributed by atoms with Crippen molar-refractivity contribution in [3.05, 3.63) is 41.7 Å². The predicted octanol–water partition coefficient (Wildman–Crippen LogP) is 1.54. The van der Waals surface area contributed by atoms with Gasteiger partial charge in [0.1, 0.15) is 17.9 Å². The van der Waals surface area contributed by atoms with E-state index in [1.165, 1.54) is 0 Å². The summed E-state index contributed by atoms with van der Waals surface area (Å²) < 4.78 is 0. The first-order chi connectivity index (χ1) is 14.7. The highest BCUT2D eigenvalue weighted by molar-refractivity contribution is 7.99. The van der Waals surface area contributed by atoms with Crippen LogP contribution in [0, 0.1) is 11.3 Å². The van der Waals surface area contributed by atoms with E-state index >= 15 is 0 Å². The van der Waals surface area contributed by atoms with Gasteiger partial charge in [0.2, 0.25) is 5.91 Å². The van der Waals surface area contributed by atoms with Gasteiger partial charge in [0.15, 0.2) is 5.82 Å². The van der Waals surface area contributed by atoms with Crippen LogP contribution in [0.5, 0.6) is 0 Å². The topological polar surface area (TPSA) is 88.4 Å². The minimum atomic E-state index is -0.0986. The number of fused-ring (bicyclic) bond motifs is 3. The Labute approximate surface area is 179 Å². The number of hydrogen-bond acceptors (Lipinski definition) is 8. The van der Waals surface area contributed by atoms with E-state index in [0.717, 1.165) is 73.7 Å². The summed E-state index contributed by atoms with van der Waals surface area (Å²) in [4.78, 5) is 28.4. The molecular weight excluding hydrogens is 398 g/mol. The Kier molecular flexibility index (Phi) is 5.19. The summed E-state index contributed by atoms with van der Waals surface area (Å²) in [6.07, 6.45) is 3.57. The van der Waals surface area contributed by atoms with Crippen molar-refractivity contribution in [1.29, 1.82) is 5.26 Å². The summed E-state index contributed by atoms with van der Waals surface area (Å²) in [6, 6.07) is 7.81. The monoisotopic (exact) mass is 421 g/mol. The summed E-state index contributed by atoms with van der Waals surface area (Å²) >= 11 is 1.83. The van der Waals surface area contributed by atoms with Gasteiger partial charge in [-0.25, -0.2) is 9.97 Å². The molecule has 0 radical (unpaired) electrons. The fourth-order valence-corrected chi connectivity index (χ4v) is 5.28. The standard InChI is InChI=1S/C21H23N7OS/c22-10-15-1-2-19(23-11-15)27-5-3-26(4-6-27)13-16-9-17-20(24-12-16)28-7-8-30-14-18(28)21(29)25-17/h1-2,9,11-12,18H,3-8,13-14H2,(H,25,29). The molecule has 1 unspecified atom stereocenters. The van der Waals surface area contributed by atoms with E-state index in [0.29, 0.717) is 5.56 Å². The fourth-order valence-electron chi connectivity index (χ4n) is 4.23. The van der Waals surface area contributed by atoms with Crippen LogP contribution >= 0.6 is 11.8 Å². The molecule has 0 aliphatic carbocycles. The predicted molar refractivity (Wildman–Crippen MR) is 118 cm³/mol. The average Bonchev–Trinajstić information content (AvgIpc) is 2.80. The number of nitrogens with one attached hydrogen (secondary N) is 1. The van der Waals surface area contributed by atoms with Gasteiger partial charge in [-0.2, -0.15) is 17.0 Å². The number of amides is 1. The molecule has 30 heavy (non-hydrogen) atoms. The van der Waals surface area contributed by atoms with Crippen LogP contribution in [0.15, 0.2) is 30.6 Å². The second kappa shape index (κ2) is 8.13. The number of nitrogens with zero attached hydrogens (tertiary/aromatic N) is 6. The third kappa shape index (κ3) is 3.68. The highest BCUT2D eigenvalue weighted by atomic mass is 32.2. The number of hydrogen-bond donors (Lipinski definition) is 1. The smallest absolute Gasteiger partial charge is 0.248 e. The van der Waals surface area contributed by atoms with Gasteiger partial charge in [-0.05, 0) is 23.8 Å². The van der Waals surface area contributed by atoms with Crippen molar-refractivity contribution in [2.24, 2.45) is 0 Å². The summed E-state index contributed by atoms with van der Waals surface area (Å²) in [5.74, 6) is 3.76. The first-order valence-corrected chi connectivity index (χ1v) is 11.3. The second-order valence-electron chi connectivity index (χ2n) is 7.77. The molecule has 9 heteroatoms. The second-order valence-corrected chi connectivity index (χ2v) is 8.92. The third-order valence-corrected chi connectivity index (χ3v) is 6.89. The molecule has 2 aromatic rings. The lowest BCUT2D eigenvalue weighted by atomic mass is 10.1. The quantitative estimate of drug-likeness (QED) is 0.799. The molecule has 3 aliphatic rings. The molecule has 0 bridgehead atoms. The van der Waals surface area contributed by atoms with E-state index in [-0.39, 0.29) is 11.9 Å². The molecule has 0 spiro atoms. The molecule has 1 atom stereocenters. The molecule has 0 aromatic carbocycles. The van der Waals surface area contributed by atoms with Gasteiger partial charge in [-0.15, -0.1) is 0 Å². The van der Waals surface area contributed by atoms with Crippen molar-refractivity contribution >= 4 is 35.0 Å². The zero-order chi connectivity index (χ0) is 20.5. The summed E-state index contributed by atoms with van der Waals surface area (Å²) in [6.45, 7) is 5.31. The maximum atomic E-state index is 12.5. The van der Waals surface area contributed by atoms with Crippen LogP contribution in [0.1, 0.15) is 11.1 Å². The molecular formula is C21H23N7OS. The van der Waals surface area contributed by atoms with Gasteiger partial charge in [0, 0.05) is 63.2 Å². The van der Waals surface area contributed by atoms with E-state index in [1.807, 2.05) is 30.1 Å². The van der Waals surface area contributed by atoms with Gasteiger partial charge in [0.25, 0.3) is 0 Å². The van der Waals surface area contributed by atoms with E-state index in [4.69, 9.17) is 10.2 Å². The Balaban J connectivity index is 1.23. The molecule has 1 N–H and O–H groups in total. The molecule has 8 nitrogen and oxygen atoms in total. The van der Waals surface area contributed by atoms with Crippen LogP contribution in [0.4, 0.5) is 17.3 Å². The van der Waals surface area contributed by atoms with E-state index in [2.05, 4.69) is 37.1 Å².